The van der Waals surface area contributed by atoms with Gasteiger partial charge in [-0.25, -0.2) is 4.79 Å². The summed E-state index contributed by atoms with van der Waals surface area (Å²) >= 11 is 0. The van der Waals surface area contributed by atoms with Crippen molar-refractivity contribution in [3.63, 3.8) is 0 Å². The molecule has 2 N–H and O–H groups in total. The topological polar surface area (TPSA) is 81.8 Å². The molecule has 8 heteroatoms. The molecule has 0 aromatic heterocycles. The van der Waals surface area contributed by atoms with Crippen LogP contribution in [-0.2, 0) is 10.2 Å². The molecule has 0 radical (unpaired) electrons. The summed E-state index contributed by atoms with van der Waals surface area (Å²) in [6.07, 6.45) is 4.01. The SMILES string of the molecule is CC(C)[C@H]1C=CCN1C(=O)Nc1cccc(NS(=O)(=O)N(C)C)c1. The first kappa shape index (κ1) is 18.3. The largest absolute Gasteiger partial charge is 0.322 e. The van der Waals surface area contributed by atoms with Crippen LogP contribution in [0, 0.1) is 5.92 Å². The zero-order valence-corrected chi connectivity index (χ0v) is 15.2. The van der Waals surface area contributed by atoms with E-state index in [0.29, 0.717) is 23.8 Å². The van der Waals surface area contributed by atoms with Crippen LogP contribution >= 0.6 is 0 Å². The maximum absolute atomic E-state index is 12.5. The normalized spacial score (nSPS) is 17.6. The molecule has 2 amide bonds. The number of urea groups is 1. The van der Waals surface area contributed by atoms with Crippen molar-refractivity contribution in [3.05, 3.63) is 36.4 Å². The van der Waals surface area contributed by atoms with E-state index in [1.54, 1.807) is 29.2 Å². The lowest BCUT2D eigenvalue weighted by Gasteiger charge is -2.27. The molecule has 0 unspecified atom stereocenters. The molecule has 1 aromatic rings. The first-order valence-corrected chi connectivity index (χ1v) is 9.19. The van der Waals surface area contributed by atoms with Crippen LogP contribution in [-0.4, -0.2) is 50.3 Å². The van der Waals surface area contributed by atoms with Crippen LogP contribution in [0.25, 0.3) is 0 Å². The number of nitrogens with zero attached hydrogens (tertiary/aromatic N) is 2. The minimum atomic E-state index is -3.58. The standard InChI is InChI=1S/C16H24N4O3S/c1-12(2)15-9-6-10-20(15)16(21)17-13-7-5-8-14(11-13)18-24(22,23)19(3)4/h5-9,11-12,15,18H,10H2,1-4H3,(H,17,21)/t15-/m1/s1. The van der Waals surface area contributed by atoms with Gasteiger partial charge in [-0.05, 0) is 24.1 Å². The third-order valence-electron chi connectivity index (χ3n) is 3.78. The Morgan fingerprint density at radius 2 is 1.96 bits per heavy atom. The van der Waals surface area contributed by atoms with Gasteiger partial charge in [0.2, 0.25) is 0 Å². The molecule has 7 nitrogen and oxygen atoms in total. The average Bonchev–Trinajstić information content (AvgIpc) is 2.96. The van der Waals surface area contributed by atoms with Crippen LogP contribution in [0.2, 0.25) is 0 Å². The Morgan fingerprint density at radius 1 is 1.29 bits per heavy atom. The van der Waals surface area contributed by atoms with Gasteiger partial charge in [-0.3, -0.25) is 4.72 Å². The van der Waals surface area contributed by atoms with Gasteiger partial charge < -0.3 is 10.2 Å². The summed E-state index contributed by atoms with van der Waals surface area (Å²) in [4.78, 5) is 14.2. The first-order valence-electron chi connectivity index (χ1n) is 7.75. The molecule has 0 saturated heterocycles. The second-order valence-electron chi connectivity index (χ2n) is 6.22. The van der Waals surface area contributed by atoms with Gasteiger partial charge in [0.1, 0.15) is 0 Å². The Balaban J connectivity index is 2.08. The van der Waals surface area contributed by atoms with Crippen LogP contribution in [0.15, 0.2) is 36.4 Å². The fourth-order valence-electron chi connectivity index (χ4n) is 2.44. The number of hydrogen-bond donors (Lipinski definition) is 2. The van der Waals surface area contributed by atoms with Crippen LogP contribution in [0.5, 0.6) is 0 Å². The summed E-state index contributed by atoms with van der Waals surface area (Å²) in [5, 5.41) is 2.82. The van der Waals surface area contributed by atoms with E-state index in [0.717, 1.165) is 4.31 Å². The van der Waals surface area contributed by atoms with Crippen molar-refractivity contribution in [2.24, 2.45) is 5.92 Å². The number of carbonyl (C=O) groups is 1. The second-order valence-corrected chi connectivity index (χ2v) is 8.10. The molecule has 1 heterocycles. The van der Waals surface area contributed by atoms with E-state index in [1.807, 2.05) is 12.2 Å². The third-order valence-corrected chi connectivity index (χ3v) is 5.24. The van der Waals surface area contributed by atoms with Gasteiger partial charge in [-0.15, -0.1) is 0 Å². The Kier molecular flexibility index (Phi) is 5.51. The molecule has 1 aliphatic rings. The van der Waals surface area contributed by atoms with Gasteiger partial charge in [0.25, 0.3) is 0 Å². The van der Waals surface area contributed by atoms with E-state index >= 15 is 0 Å². The Labute approximate surface area is 143 Å². The quantitative estimate of drug-likeness (QED) is 0.798. The summed E-state index contributed by atoms with van der Waals surface area (Å²) in [5.41, 5.74) is 0.926. The van der Waals surface area contributed by atoms with Crippen molar-refractivity contribution < 1.29 is 13.2 Å². The maximum Gasteiger partial charge on any atom is 0.322 e. The Hall–Kier alpha value is -2.06. The van der Waals surface area contributed by atoms with Gasteiger partial charge in [-0.1, -0.05) is 32.1 Å². The Morgan fingerprint density at radius 3 is 2.58 bits per heavy atom. The fraction of sp³-hybridized carbons (Fsp3) is 0.438. The van der Waals surface area contributed by atoms with Gasteiger partial charge in [-0.2, -0.15) is 12.7 Å². The molecule has 0 bridgehead atoms. The summed E-state index contributed by atoms with van der Waals surface area (Å²) < 4.78 is 27.3. The number of carbonyl (C=O) groups excluding carboxylic acids is 1. The van der Waals surface area contributed by atoms with E-state index in [-0.39, 0.29) is 12.1 Å². The number of amides is 2. The van der Waals surface area contributed by atoms with Crippen molar-refractivity contribution in [2.75, 3.05) is 30.7 Å². The Bertz CT molecular complexity index is 729. The minimum absolute atomic E-state index is 0.0698. The lowest BCUT2D eigenvalue weighted by molar-refractivity contribution is 0.199. The smallest absolute Gasteiger partial charge is 0.314 e. The number of rotatable bonds is 5. The van der Waals surface area contributed by atoms with Crippen LogP contribution < -0.4 is 10.0 Å². The average molecular weight is 352 g/mol. The summed E-state index contributed by atoms with van der Waals surface area (Å²) in [6.45, 7) is 4.70. The van der Waals surface area contributed by atoms with Crippen molar-refractivity contribution in [3.8, 4) is 0 Å². The molecule has 1 aliphatic heterocycles. The highest BCUT2D eigenvalue weighted by Gasteiger charge is 2.27. The highest BCUT2D eigenvalue weighted by Crippen LogP contribution is 2.21. The lowest BCUT2D eigenvalue weighted by Crippen LogP contribution is -2.41. The molecule has 0 saturated carbocycles. The molecule has 2 rings (SSSR count). The van der Waals surface area contributed by atoms with Crippen LogP contribution in [0.4, 0.5) is 16.2 Å². The maximum atomic E-state index is 12.5. The zero-order valence-electron chi connectivity index (χ0n) is 14.4. The minimum Gasteiger partial charge on any atom is -0.314 e. The van der Waals surface area contributed by atoms with E-state index in [1.165, 1.54) is 14.1 Å². The third kappa shape index (κ3) is 4.27. The van der Waals surface area contributed by atoms with Gasteiger partial charge in [0, 0.05) is 26.3 Å². The summed E-state index contributed by atoms with van der Waals surface area (Å²) in [6, 6.07) is 6.49. The molecule has 0 fully saturated rings. The molecular formula is C16H24N4O3S. The van der Waals surface area contributed by atoms with Crippen molar-refractivity contribution in [1.82, 2.24) is 9.21 Å². The molecule has 0 spiro atoms. The van der Waals surface area contributed by atoms with E-state index in [4.69, 9.17) is 0 Å². The molecular weight excluding hydrogens is 328 g/mol. The summed E-state index contributed by atoms with van der Waals surface area (Å²) in [7, 11) is -0.692. The van der Waals surface area contributed by atoms with Gasteiger partial charge in [0.05, 0.1) is 11.7 Å². The first-order chi connectivity index (χ1) is 11.2. The van der Waals surface area contributed by atoms with Gasteiger partial charge >= 0.3 is 16.2 Å². The fourth-order valence-corrected chi connectivity index (χ4v) is 3.04. The predicted molar refractivity (Wildman–Crippen MR) is 96.2 cm³/mol. The molecule has 0 aliphatic carbocycles. The summed E-state index contributed by atoms with van der Waals surface area (Å²) in [5.74, 6) is 0.327. The predicted octanol–water partition coefficient (Wildman–Crippen LogP) is 2.33. The van der Waals surface area contributed by atoms with E-state index < -0.39 is 10.2 Å². The lowest BCUT2D eigenvalue weighted by atomic mass is 10.1. The highest BCUT2D eigenvalue weighted by molar-refractivity contribution is 7.90. The van der Waals surface area contributed by atoms with Crippen molar-refractivity contribution in [2.45, 2.75) is 19.9 Å². The van der Waals surface area contributed by atoms with Crippen molar-refractivity contribution >= 4 is 27.6 Å². The molecule has 24 heavy (non-hydrogen) atoms. The number of hydrogen-bond acceptors (Lipinski definition) is 3. The van der Waals surface area contributed by atoms with Crippen molar-refractivity contribution in [1.29, 1.82) is 0 Å². The number of benzene rings is 1. The van der Waals surface area contributed by atoms with E-state index in [2.05, 4.69) is 23.9 Å². The van der Waals surface area contributed by atoms with E-state index in [9.17, 15) is 13.2 Å². The molecule has 1 atom stereocenters. The number of nitrogens with one attached hydrogen (secondary N) is 2. The molecule has 1 aromatic carbocycles. The highest BCUT2D eigenvalue weighted by atomic mass is 32.2. The van der Waals surface area contributed by atoms with Crippen LogP contribution in [0.1, 0.15) is 13.8 Å². The number of anilines is 2. The van der Waals surface area contributed by atoms with Crippen LogP contribution in [0.3, 0.4) is 0 Å². The monoisotopic (exact) mass is 352 g/mol. The second kappa shape index (κ2) is 7.23. The zero-order chi connectivity index (χ0) is 17.9. The molecule has 132 valence electrons. The van der Waals surface area contributed by atoms with Gasteiger partial charge in [0.15, 0.2) is 0 Å².